The van der Waals surface area contributed by atoms with Crippen molar-refractivity contribution in [1.29, 1.82) is 0 Å². The quantitative estimate of drug-likeness (QED) is 0.479. The molecule has 1 saturated heterocycles. The lowest BCUT2D eigenvalue weighted by molar-refractivity contribution is -0.139. The second-order valence-electron chi connectivity index (χ2n) is 7.76. The highest BCUT2D eigenvalue weighted by molar-refractivity contribution is 6.08. The number of aromatic nitrogens is 2. The van der Waals surface area contributed by atoms with Crippen LogP contribution in [-0.4, -0.2) is 46.4 Å². The van der Waals surface area contributed by atoms with Crippen molar-refractivity contribution in [2.45, 2.75) is 18.3 Å². The van der Waals surface area contributed by atoms with Gasteiger partial charge in [0.15, 0.2) is 11.2 Å². The number of anilines is 1. The van der Waals surface area contributed by atoms with E-state index in [9.17, 15) is 27.6 Å². The van der Waals surface area contributed by atoms with E-state index in [-0.39, 0.29) is 12.3 Å². The molecule has 0 aliphatic carbocycles. The fourth-order valence-electron chi connectivity index (χ4n) is 4.10. The molecular weight excluding hydrogens is 461 g/mol. The first kappa shape index (κ1) is 21.5. The Labute approximate surface area is 188 Å². The van der Waals surface area contributed by atoms with E-state index in [0.717, 1.165) is 6.07 Å². The molecule has 34 heavy (non-hydrogen) atoms. The highest BCUT2D eigenvalue weighted by Gasteiger charge is 2.53. The molecule has 2 aliphatic heterocycles. The largest absolute Gasteiger partial charge is 0.497 e. The number of nitrogens with one attached hydrogen (secondary N) is 2. The summed E-state index contributed by atoms with van der Waals surface area (Å²) >= 11 is 0. The summed E-state index contributed by atoms with van der Waals surface area (Å²) < 4.78 is 51.2. The van der Waals surface area contributed by atoms with Crippen molar-refractivity contribution < 1.29 is 36.7 Å². The number of hydrogen-bond donors (Lipinski definition) is 3. The number of nitrogen functional groups attached to an aromatic ring is 1. The van der Waals surface area contributed by atoms with E-state index in [1.807, 2.05) is 5.32 Å². The van der Waals surface area contributed by atoms with Crippen molar-refractivity contribution in [3.63, 3.8) is 0 Å². The molecule has 1 unspecified atom stereocenters. The molecule has 1 aromatic carbocycles. The number of benzene rings is 1. The lowest BCUT2D eigenvalue weighted by Gasteiger charge is -2.28. The Morgan fingerprint density at radius 1 is 1.24 bits per heavy atom. The number of amides is 4. The van der Waals surface area contributed by atoms with E-state index in [0.29, 0.717) is 16.9 Å². The lowest BCUT2D eigenvalue weighted by Crippen LogP contribution is -2.52. The second-order valence-corrected chi connectivity index (χ2v) is 7.76. The fraction of sp³-hybridized carbons (Fsp3) is 0.250. The summed E-state index contributed by atoms with van der Waals surface area (Å²) in [6.07, 6.45) is -4.89. The molecule has 2 aliphatic rings. The molecule has 4 amide bonds. The predicted molar refractivity (Wildman–Crippen MR) is 107 cm³/mol. The van der Waals surface area contributed by atoms with E-state index in [2.05, 4.69) is 15.3 Å². The van der Waals surface area contributed by atoms with Gasteiger partial charge in [-0.3, -0.25) is 14.9 Å². The van der Waals surface area contributed by atoms with Crippen LogP contribution in [0.25, 0.3) is 11.1 Å². The zero-order valence-corrected chi connectivity index (χ0v) is 17.3. The molecular formula is C20H15F3N6O5. The lowest BCUT2D eigenvalue weighted by atomic mass is 9.95. The summed E-state index contributed by atoms with van der Waals surface area (Å²) in [5.74, 6) is -1.97. The number of methoxy groups -OCH3 is 1. The number of furan rings is 1. The summed E-state index contributed by atoms with van der Waals surface area (Å²) in [6, 6.07) is 4.89. The van der Waals surface area contributed by atoms with E-state index in [4.69, 9.17) is 14.9 Å². The number of fused-ring (bicyclic) bond motifs is 2. The third-order valence-electron chi connectivity index (χ3n) is 5.66. The zero-order valence-electron chi connectivity index (χ0n) is 17.3. The number of ether oxygens (including phenoxy) is 1. The van der Waals surface area contributed by atoms with E-state index in [1.54, 1.807) is 12.1 Å². The van der Waals surface area contributed by atoms with Crippen LogP contribution >= 0.6 is 0 Å². The number of nitrogens with zero attached hydrogens (tertiary/aromatic N) is 3. The summed E-state index contributed by atoms with van der Waals surface area (Å²) in [6.45, 7) is -0.339. The number of hydrogen-bond acceptors (Lipinski definition) is 8. The molecule has 0 spiro atoms. The van der Waals surface area contributed by atoms with Crippen molar-refractivity contribution in [2.24, 2.45) is 0 Å². The van der Waals surface area contributed by atoms with Gasteiger partial charge < -0.3 is 25.1 Å². The van der Waals surface area contributed by atoms with Gasteiger partial charge in [-0.1, -0.05) is 6.07 Å². The molecule has 2 aromatic heterocycles. The monoisotopic (exact) mass is 476 g/mol. The van der Waals surface area contributed by atoms with Gasteiger partial charge in [0.2, 0.25) is 11.7 Å². The van der Waals surface area contributed by atoms with E-state index in [1.165, 1.54) is 18.1 Å². The minimum atomic E-state index is -4.89. The maximum atomic E-state index is 13.5. The topological polar surface area (TPSA) is 153 Å². The Morgan fingerprint density at radius 2 is 2.00 bits per heavy atom. The number of urea groups is 1. The third-order valence-corrected chi connectivity index (χ3v) is 5.66. The average Bonchev–Trinajstić information content (AvgIpc) is 3.41. The number of carbonyl (C=O) groups is 3. The zero-order chi connectivity index (χ0) is 24.4. The van der Waals surface area contributed by atoms with E-state index < -0.39 is 58.8 Å². The number of carbonyl (C=O) groups excluding carboxylic acids is 3. The summed E-state index contributed by atoms with van der Waals surface area (Å²) in [7, 11) is 1.44. The van der Waals surface area contributed by atoms with Gasteiger partial charge in [0, 0.05) is 12.1 Å². The fourth-order valence-corrected chi connectivity index (χ4v) is 4.10. The standard InChI is InChI=1S/C20H15F3N6O5/c1-33-9-3-2-8-6-29(15(30)10(8)4-9)7-19(16(31)27-18(32)28-19)12-5-11-13(20(21,22)23)25-17(24)26-14(11)34-12/h2-5H,6-7H2,1H3,(H2,24,25,26)(H2,27,28,31,32). The van der Waals surface area contributed by atoms with Crippen LogP contribution < -0.4 is 21.1 Å². The van der Waals surface area contributed by atoms with Crippen molar-refractivity contribution >= 4 is 34.9 Å². The van der Waals surface area contributed by atoms with Crippen LogP contribution in [0.4, 0.5) is 23.9 Å². The average molecular weight is 476 g/mol. The predicted octanol–water partition coefficient (Wildman–Crippen LogP) is 1.52. The molecule has 5 rings (SSSR count). The molecule has 1 atom stereocenters. The first-order valence-corrected chi connectivity index (χ1v) is 9.76. The number of halogens is 3. The second kappa shape index (κ2) is 7.07. The molecule has 4 heterocycles. The van der Waals surface area contributed by atoms with Gasteiger partial charge in [-0.05, 0) is 23.8 Å². The van der Waals surface area contributed by atoms with Crippen LogP contribution in [0.15, 0.2) is 28.7 Å². The van der Waals surface area contributed by atoms with Crippen LogP contribution in [0.2, 0.25) is 0 Å². The van der Waals surface area contributed by atoms with Crippen molar-refractivity contribution in [2.75, 3.05) is 19.4 Å². The van der Waals surface area contributed by atoms with Crippen LogP contribution in [0.1, 0.15) is 27.4 Å². The van der Waals surface area contributed by atoms with Gasteiger partial charge in [-0.25, -0.2) is 9.78 Å². The first-order valence-electron chi connectivity index (χ1n) is 9.76. The Kier molecular flexibility index (Phi) is 4.47. The highest BCUT2D eigenvalue weighted by atomic mass is 19.4. The molecule has 0 saturated carbocycles. The summed E-state index contributed by atoms with van der Waals surface area (Å²) in [5, 5.41) is 3.89. The van der Waals surface area contributed by atoms with Crippen LogP contribution in [0.5, 0.6) is 5.75 Å². The highest BCUT2D eigenvalue weighted by Crippen LogP contribution is 2.39. The van der Waals surface area contributed by atoms with Crippen molar-refractivity contribution in [3.8, 4) is 5.75 Å². The van der Waals surface area contributed by atoms with Gasteiger partial charge in [0.25, 0.3) is 11.8 Å². The minimum absolute atomic E-state index is 0.0871. The Morgan fingerprint density at radius 3 is 2.65 bits per heavy atom. The van der Waals surface area contributed by atoms with Crippen molar-refractivity contribution in [3.05, 3.63) is 46.8 Å². The van der Waals surface area contributed by atoms with Crippen molar-refractivity contribution in [1.82, 2.24) is 25.5 Å². The van der Waals surface area contributed by atoms with Gasteiger partial charge in [0.05, 0.1) is 19.0 Å². The first-order chi connectivity index (χ1) is 16.0. The van der Waals surface area contributed by atoms with Gasteiger partial charge >= 0.3 is 12.2 Å². The number of imide groups is 1. The van der Waals surface area contributed by atoms with E-state index >= 15 is 0 Å². The van der Waals surface area contributed by atoms with Gasteiger partial charge in [-0.2, -0.15) is 18.2 Å². The van der Waals surface area contributed by atoms with Crippen LogP contribution in [0.3, 0.4) is 0 Å². The summed E-state index contributed by atoms with van der Waals surface area (Å²) in [4.78, 5) is 46.2. The molecule has 176 valence electrons. The Hall–Kier alpha value is -4.36. The SMILES string of the molecule is COc1ccc2c(c1)C(=O)N(CC1(c3cc4c(C(F)(F)F)nc(N)nc4o3)NC(=O)NC1=O)C2. The Balaban J connectivity index is 1.60. The number of alkyl halides is 3. The molecule has 0 radical (unpaired) electrons. The number of rotatable bonds is 4. The Bertz CT molecular complexity index is 1390. The summed E-state index contributed by atoms with van der Waals surface area (Å²) in [5.41, 5.74) is 2.48. The van der Waals surface area contributed by atoms with Gasteiger partial charge in [-0.15, -0.1) is 0 Å². The molecule has 3 aromatic rings. The van der Waals surface area contributed by atoms with Crippen LogP contribution in [0, 0.1) is 0 Å². The minimum Gasteiger partial charge on any atom is -0.497 e. The van der Waals surface area contributed by atoms with Gasteiger partial charge in [0.1, 0.15) is 11.5 Å². The molecule has 11 nitrogen and oxygen atoms in total. The third kappa shape index (κ3) is 3.17. The van der Waals surface area contributed by atoms with Crippen LogP contribution in [-0.2, 0) is 23.1 Å². The number of nitrogens with two attached hydrogens (primary N) is 1. The molecule has 14 heteroatoms. The maximum Gasteiger partial charge on any atom is 0.434 e. The normalized spacial score (nSPS) is 20.0. The smallest absolute Gasteiger partial charge is 0.434 e. The molecule has 4 N–H and O–H groups in total. The molecule has 0 bridgehead atoms. The molecule has 1 fully saturated rings. The maximum absolute atomic E-state index is 13.5.